The van der Waals surface area contributed by atoms with Crippen molar-refractivity contribution in [3.05, 3.63) is 0 Å². The fraction of sp³-hybridized carbons (Fsp3) is 1.00. The Balaban J connectivity index is 1.52. The Bertz CT molecular complexity index is 480. The number of sulfonamides is 1. The molecule has 3 heterocycles. The average Bonchev–Trinajstić information content (AvgIpc) is 2.51. The van der Waals surface area contributed by atoms with Gasteiger partial charge in [-0.15, -0.1) is 0 Å². The lowest BCUT2D eigenvalue weighted by molar-refractivity contribution is -0.179. The van der Waals surface area contributed by atoms with Gasteiger partial charge < -0.3 is 14.7 Å². The third-order valence-corrected chi connectivity index (χ3v) is 6.98. The van der Waals surface area contributed by atoms with Crippen LogP contribution in [-0.4, -0.2) is 79.5 Å². The van der Waals surface area contributed by atoms with E-state index in [0.717, 1.165) is 58.2 Å². The van der Waals surface area contributed by atoms with Gasteiger partial charge in [0.15, 0.2) is 0 Å². The van der Waals surface area contributed by atoms with E-state index in [1.54, 1.807) is 4.31 Å². The molecule has 1 atom stereocenters. The summed E-state index contributed by atoms with van der Waals surface area (Å²) >= 11 is 0. The first-order valence-corrected chi connectivity index (χ1v) is 10.3. The number of ether oxygens (including phenoxy) is 1. The third-order valence-electron chi connectivity index (χ3n) is 5.67. The van der Waals surface area contributed by atoms with E-state index in [4.69, 9.17) is 4.74 Å². The molecular weight excluding hydrogens is 304 g/mol. The van der Waals surface area contributed by atoms with Crippen molar-refractivity contribution in [3.63, 3.8) is 0 Å². The van der Waals surface area contributed by atoms with Crippen LogP contribution in [0.4, 0.5) is 0 Å². The lowest BCUT2D eigenvalue weighted by Gasteiger charge is -2.49. The quantitative estimate of drug-likeness (QED) is 0.793. The molecule has 0 aliphatic carbocycles. The van der Waals surface area contributed by atoms with Gasteiger partial charge in [-0.3, -0.25) is 0 Å². The maximum atomic E-state index is 11.6. The van der Waals surface area contributed by atoms with Crippen LogP contribution in [0.1, 0.15) is 38.5 Å². The van der Waals surface area contributed by atoms with Gasteiger partial charge in [-0.05, 0) is 38.5 Å². The first kappa shape index (κ1) is 16.6. The minimum absolute atomic E-state index is 0.317. The Morgan fingerprint density at radius 3 is 2.27 bits per heavy atom. The summed E-state index contributed by atoms with van der Waals surface area (Å²) in [5, 5.41) is 10.3. The Kier molecular flexibility index (Phi) is 4.81. The molecule has 3 aliphatic rings. The summed E-state index contributed by atoms with van der Waals surface area (Å²) in [5.74, 6) is 0. The fourth-order valence-electron chi connectivity index (χ4n) is 4.20. The fourth-order valence-corrected chi connectivity index (χ4v) is 5.07. The third kappa shape index (κ3) is 3.33. The van der Waals surface area contributed by atoms with Gasteiger partial charge >= 0.3 is 0 Å². The molecule has 1 N–H and O–H groups in total. The molecule has 22 heavy (non-hydrogen) atoms. The van der Waals surface area contributed by atoms with Gasteiger partial charge in [-0.2, -0.15) is 0 Å². The normalized spacial score (nSPS) is 32.4. The van der Waals surface area contributed by atoms with E-state index in [1.807, 2.05) is 0 Å². The number of rotatable bonds is 2. The molecule has 7 heteroatoms. The average molecular weight is 332 g/mol. The molecule has 3 saturated heterocycles. The van der Waals surface area contributed by atoms with Gasteiger partial charge in [-0.25, -0.2) is 12.7 Å². The summed E-state index contributed by atoms with van der Waals surface area (Å²) in [6.07, 6.45) is 6.37. The van der Waals surface area contributed by atoms with Crippen molar-refractivity contribution in [3.8, 4) is 0 Å². The van der Waals surface area contributed by atoms with Gasteiger partial charge in [0.2, 0.25) is 10.0 Å². The number of hydrogen-bond donors (Lipinski definition) is 1. The van der Waals surface area contributed by atoms with E-state index < -0.39 is 10.0 Å². The minimum atomic E-state index is -3.05. The maximum Gasteiger partial charge on any atom is 0.211 e. The predicted molar refractivity (Wildman–Crippen MR) is 84.2 cm³/mol. The van der Waals surface area contributed by atoms with Crippen molar-refractivity contribution in [2.24, 2.45) is 0 Å². The van der Waals surface area contributed by atoms with Crippen LogP contribution in [0.15, 0.2) is 0 Å². The number of aliphatic hydroxyl groups is 1. The van der Waals surface area contributed by atoms with E-state index in [2.05, 4.69) is 4.90 Å². The van der Waals surface area contributed by atoms with Crippen LogP contribution in [0.2, 0.25) is 0 Å². The Morgan fingerprint density at radius 2 is 1.73 bits per heavy atom. The Morgan fingerprint density at radius 1 is 1.09 bits per heavy atom. The van der Waals surface area contributed by atoms with Crippen LogP contribution in [0.3, 0.4) is 0 Å². The molecule has 0 amide bonds. The molecule has 0 radical (unpaired) electrons. The molecule has 128 valence electrons. The highest BCUT2D eigenvalue weighted by molar-refractivity contribution is 7.88. The summed E-state index contributed by atoms with van der Waals surface area (Å²) in [7, 11) is -3.05. The monoisotopic (exact) mass is 332 g/mol. The zero-order valence-electron chi connectivity index (χ0n) is 13.4. The van der Waals surface area contributed by atoms with E-state index in [9.17, 15) is 13.5 Å². The molecule has 3 rings (SSSR count). The summed E-state index contributed by atoms with van der Waals surface area (Å²) in [6.45, 7) is 3.92. The first-order valence-electron chi connectivity index (χ1n) is 8.42. The van der Waals surface area contributed by atoms with Crippen LogP contribution in [0.5, 0.6) is 0 Å². The van der Waals surface area contributed by atoms with Gasteiger partial charge in [0.25, 0.3) is 0 Å². The number of likely N-dealkylation sites (tertiary alicyclic amines) is 1. The standard InChI is InChI=1S/C15H28N2O4S/c1-22(19,20)17-8-4-13(5-9-17)16-10-6-15(7-11-16)14(18)3-2-12-21-15/h13-14,18H,2-12H2,1H3/t14-/m0/s1. The molecule has 0 aromatic rings. The number of nitrogens with zero attached hydrogens (tertiary/aromatic N) is 2. The first-order chi connectivity index (χ1) is 10.4. The second-order valence-corrected chi connectivity index (χ2v) is 8.98. The smallest absolute Gasteiger partial charge is 0.211 e. The number of hydrogen-bond acceptors (Lipinski definition) is 5. The van der Waals surface area contributed by atoms with Gasteiger partial charge in [0, 0.05) is 38.8 Å². The molecule has 0 aromatic carbocycles. The van der Waals surface area contributed by atoms with Crippen molar-refractivity contribution in [1.82, 2.24) is 9.21 Å². The molecule has 3 aliphatic heterocycles. The van der Waals surface area contributed by atoms with Crippen LogP contribution < -0.4 is 0 Å². The number of aliphatic hydroxyl groups excluding tert-OH is 1. The largest absolute Gasteiger partial charge is 0.390 e. The molecule has 0 aromatic heterocycles. The highest BCUT2D eigenvalue weighted by Crippen LogP contribution is 2.36. The van der Waals surface area contributed by atoms with Gasteiger partial charge in [-0.1, -0.05) is 0 Å². The second-order valence-electron chi connectivity index (χ2n) is 7.00. The molecule has 0 unspecified atom stereocenters. The van der Waals surface area contributed by atoms with Crippen LogP contribution in [0, 0.1) is 0 Å². The van der Waals surface area contributed by atoms with Crippen molar-refractivity contribution in [2.75, 3.05) is 39.0 Å². The molecule has 0 bridgehead atoms. The molecule has 6 nitrogen and oxygen atoms in total. The topological polar surface area (TPSA) is 70.1 Å². The zero-order chi connectivity index (χ0) is 15.8. The molecule has 0 saturated carbocycles. The van der Waals surface area contributed by atoms with Crippen LogP contribution in [0.25, 0.3) is 0 Å². The van der Waals surface area contributed by atoms with Crippen LogP contribution >= 0.6 is 0 Å². The minimum Gasteiger partial charge on any atom is -0.390 e. The molecular formula is C15H28N2O4S. The molecule has 1 spiro atoms. The summed E-state index contributed by atoms with van der Waals surface area (Å²) in [4.78, 5) is 2.47. The van der Waals surface area contributed by atoms with Gasteiger partial charge in [0.1, 0.15) is 0 Å². The molecule has 3 fully saturated rings. The summed E-state index contributed by atoms with van der Waals surface area (Å²) < 4.78 is 30.7. The van der Waals surface area contributed by atoms with E-state index in [1.165, 1.54) is 6.26 Å². The zero-order valence-corrected chi connectivity index (χ0v) is 14.2. The van der Waals surface area contributed by atoms with E-state index in [-0.39, 0.29) is 11.7 Å². The Hall–Kier alpha value is -0.210. The Labute approximate surface area is 133 Å². The lowest BCUT2D eigenvalue weighted by atomic mass is 9.81. The van der Waals surface area contributed by atoms with Gasteiger partial charge in [0.05, 0.1) is 18.0 Å². The number of piperidine rings is 2. The highest BCUT2D eigenvalue weighted by Gasteiger charge is 2.44. The van der Waals surface area contributed by atoms with E-state index >= 15 is 0 Å². The summed E-state index contributed by atoms with van der Waals surface area (Å²) in [6, 6.07) is 0.469. The predicted octanol–water partition coefficient (Wildman–Crippen LogP) is 0.416. The van der Waals surface area contributed by atoms with Crippen LogP contribution in [-0.2, 0) is 14.8 Å². The summed E-state index contributed by atoms with van der Waals surface area (Å²) in [5.41, 5.74) is -0.317. The van der Waals surface area contributed by atoms with E-state index in [0.29, 0.717) is 19.1 Å². The van der Waals surface area contributed by atoms with Crippen molar-refractivity contribution >= 4 is 10.0 Å². The lowest BCUT2D eigenvalue weighted by Crippen LogP contribution is -2.57. The van der Waals surface area contributed by atoms with Crippen molar-refractivity contribution in [1.29, 1.82) is 0 Å². The van der Waals surface area contributed by atoms with Crippen molar-refractivity contribution in [2.45, 2.75) is 56.3 Å². The SMILES string of the molecule is CS(=O)(=O)N1CCC(N2CCC3(CC2)OCCC[C@@H]3O)CC1. The highest BCUT2D eigenvalue weighted by atomic mass is 32.2. The van der Waals surface area contributed by atoms with Crippen molar-refractivity contribution < 1.29 is 18.3 Å². The maximum absolute atomic E-state index is 11.6. The second kappa shape index (κ2) is 6.36.